The maximum atomic E-state index is 15.3. The molecular formula is C28H32ClFN2O4S. The molecule has 4 rings (SSSR count). The van der Waals surface area contributed by atoms with Crippen LogP contribution in [0.2, 0.25) is 5.02 Å². The maximum Gasteiger partial charge on any atom is 0.329 e. The van der Waals surface area contributed by atoms with Gasteiger partial charge in [-0.05, 0) is 43.6 Å². The van der Waals surface area contributed by atoms with Crippen molar-refractivity contribution in [2.75, 3.05) is 25.2 Å². The van der Waals surface area contributed by atoms with Gasteiger partial charge in [-0.15, -0.1) is 0 Å². The predicted octanol–water partition coefficient (Wildman–Crippen LogP) is 5.84. The van der Waals surface area contributed by atoms with E-state index in [0.717, 1.165) is 36.9 Å². The van der Waals surface area contributed by atoms with Crippen LogP contribution in [0.3, 0.4) is 0 Å². The second-order valence-corrected chi connectivity index (χ2v) is 11.6. The van der Waals surface area contributed by atoms with Crippen LogP contribution in [-0.2, 0) is 33.3 Å². The smallest absolute Gasteiger partial charge is 0.329 e. The molecule has 6 nitrogen and oxygen atoms in total. The van der Waals surface area contributed by atoms with Crippen molar-refractivity contribution in [3.05, 3.63) is 65.1 Å². The maximum absolute atomic E-state index is 15.3. The summed E-state index contributed by atoms with van der Waals surface area (Å²) in [5.74, 6) is -0.257. The second-order valence-electron chi connectivity index (χ2n) is 9.64. The highest BCUT2D eigenvalue weighted by atomic mass is 35.5. The molecule has 1 aromatic heterocycles. The monoisotopic (exact) mass is 546 g/mol. The third-order valence-corrected chi connectivity index (χ3v) is 8.00. The van der Waals surface area contributed by atoms with E-state index in [-0.39, 0.29) is 11.6 Å². The van der Waals surface area contributed by atoms with E-state index >= 15 is 4.39 Å². The summed E-state index contributed by atoms with van der Waals surface area (Å²) in [6.07, 6.45) is 6.04. The van der Waals surface area contributed by atoms with Gasteiger partial charge in [-0.2, -0.15) is 5.10 Å². The number of carboxylic acid groups (broad SMARTS) is 1. The van der Waals surface area contributed by atoms with Crippen LogP contribution in [0.25, 0.3) is 22.4 Å². The number of aliphatic carboxylic acids is 1. The summed E-state index contributed by atoms with van der Waals surface area (Å²) < 4.78 is 34.7. The van der Waals surface area contributed by atoms with E-state index in [1.807, 2.05) is 35.0 Å². The highest BCUT2D eigenvalue weighted by molar-refractivity contribution is 7.84. The first-order chi connectivity index (χ1) is 17.8. The first-order valence-corrected chi connectivity index (χ1v) is 14.6. The Morgan fingerprint density at radius 3 is 2.51 bits per heavy atom. The Morgan fingerprint density at radius 1 is 1.14 bits per heavy atom. The molecule has 1 aliphatic carbocycles. The number of hydrogen-bond donors (Lipinski definition) is 1. The minimum Gasteiger partial charge on any atom is -0.480 e. The zero-order valence-corrected chi connectivity index (χ0v) is 22.4. The third kappa shape index (κ3) is 7.06. The van der Waals surface area contributed by atoms with Gasteiger partial charge in [0, 0.05) is 58.2 Å². The van der Waals surface area contributed by atoms with E-state index in [2.05, 4.69) is 0 Å². The third-order valence-electron chi connectivity index (χ3n) is 6.93. The Bertz CT molecular complexity index is 1240. The van der Waals surface area contributed by atoms with Crippen LogP contribution in [0.4, 0.5) is 4.39 Å². The lowest BCUT2D eigenvalue weighted by Crippen LogP contribution is -2.24. The summed E-state index contributed by atoms with van der Waals surface area (Å²) >= 11 is 6.18. The number of benzene rings is 2. The average molecular weight is 547 g/mol. The number of aromatic nitrogens is 2. The number of hydrogen-bond acceptors (Lipinski definition) is 4. The van der Waals surface area contributed by atoms with Gasteiger partial charge in [0.15, 0.2) is 0 Å². The van der Waals surface area contributed by atoms with Crippen LogP contribution in [0.5, 0.6) is 0 Å². The van der Waals surface area contributed by atoms with Crippen molar-refractivity contribution in [3.8, 4) is 22.4 Å². The normalized spacial score (nSPS) is 18.6. The van der Waals surface area contributed by atoms with Gasteiger partial charge in [0.05, 0.1) is 11.6 Å². The fourth-order valence-electron chi connectivity index (χ4n) is 5.06. The van der Waals surface area contributed by atoms with Crippen molar-refractivity contribution >= 4 is 28.4 Å². The first kappa shape index (κ1) is 27.5. The largest absolute Gasteiger partial charge is 0.480 e. The highest BCUT2D eigenvalue weighted by Crippen LogP contribution is 2.39. The van der Waals surface area contributed by atoms with Gasteiger partial charge in [0.1, 0.15) is 18.1 Å². The van der Waals surface area contributed by atoms with Gasteiger partial charge in [0.25, 0.3) is 0 Å². The molecule has 1 heterocycles. The summed E-state index contributed by atoms with van der Waals surface area (Å²) in [4.78, 5) is 10.7. The van der Waals surface area contributed by atoms with Gasteiger partial charge in [0.2, 0.25) is 0 Å². The van der Waals surface area contributed by atoms with E-state index in [1.54, 1.807) is 18.4 Å². The van der Waals surface area contributed by atoms with Gasteiger partial charge < -0.3 is 9.84 Å². The van der Waals surface area contributed by atoms with E-state index in [9.17, 15) is 9.00 Å². The summed E-state index contributed by atoms with van der Waals surface area (Å²) in [5.41, 5.74) is 3.53. The van der Waals surface area contributed by atoms with Crippen molar-refractivity contribution in [1.29, 1.82) is 0 Å². The molecule has 198 valence electrons. The van der Waals surface area contributed by atoms with Crippen LogP contribution in [-0.4, -0.2) is 50.3 Å². The molecule has 2 aromatic carbocycles. The summed E-state index contributed by atoms with van der Waals surface area (Å²) in [7, 11) is -1.02. The number of ether oxygens (including phenoxy) is 1. The molecular weight excluding hydrogens is 515 g/mol. The minimum atomic E-state index is -1.02. The fourth-order valence-corrected chi connectivity index (χ4v) is 5.71. The fraction of sp³-hybridized carbons (Fsp3) is 0.429. The number of nitrogens with zero attached hydrogens (tertiary/aromatic N) is 2. The SMILES string of the molecule is CS(=O)CCc1c(-c2cccc(Cl)c2F)c(-c2ccccc2)nn1CC1CCC(COCC(=O)O)CC1. The first-order valence-electron chi connectivity index (χ1n) is 12.5. The molecule has 1 atom stereocenters. The van der Waals surface area contributed by atoms with Crippen LogP contribution in [0.1, 0.15) is 31.4 Å². The standard InChI is InChI=1S/C28H32ClFN2O4S/c1-37(35)15-14-24-26(22-8-5-9-23(29)27(22)30)28(21-6-3-2-4-7-21)31-32(24)16-19-10-12-20(13-11-19)17-36-18-25(33)34/h2-9,19-20H,10-18H2,1H3,(H,33,34). The lowest BCUT2D eigenvalue weighted by molar-refractivity contribution is -0.142. The van der Waals surface area contributed by atoms with Crippen LogP contribution < -0.4 is 0 Å². The van der Waals surface area contributed by atoms with Crippen molar-refractivity contribution < 1.29 is 23.2 Å². The molecule has 1 fully saturated rings. The molecule has 3 aromatic rings. The summed E-state index contributed by atoms with van der Waals surface area (Å²) in [6, 6.07) is 14.7. The number of carboxylic acids is 1. The average Bonchev–Trinajstić information content (AvgIpc) is 3.23. The zero-order chi connectivity index (χ0) is 26.4. The molecule has 37 heavy (non-hydrogen) atoms. The summed E-state index contributed by atoms with van der Waals surface area (Å²) in [5, 5.41) is 13.8. The Labute approximate surface area is 224 Å². The van der Waals surface area contributed by atoms with Crippen molar-refractivity contribution in [2.24, 2.45) is 11.8 Å². The molecule has 0 amide bonds. The van der Waals surface area contributed by atoms with Gasteiger partial charge in [-0.3, -0.25) is 8.89 Å². The number of halogens is 2. The van der Waals surface area contributed by atoms with E-state index in [0.29, 0.717) is 54.0 Å². The Balaban J connectivity index is 1.66. The molecule has 1 aliphatic rings. The topological polar surface area (TPSA) is 81.4 Å². The zero-order valence-electron chi connectivity index (χ0n) is 20.9. The molecule has 0 bridgehead atoms. The van der Waals surface area contributed by atoms with E-state index in [1.165, 1.54) is 6.07 Å². The van der Waals surface area contributed by atoms with Gasteiger partial charge in [-0.1, -0.05) is 54.1 Å². The van der Waals surface area contributed by atoms with E-state index in [4.69, 9.17) is 26.5 Å². The van der Waals surface area contributed by atoms with Crippen molar-refractivity contribution in [3.63, 3.8) is 0 Å². The number of rotatable bonds is 11. The van der Waals surface area contributed by atoms with Crippen LogP contribution >= 0.6 is 11.6 Å². The van der Waals surface area contributed by atoms with E-state index < -0.39 is 22.6 Å². The van der Waals surface area contributed by atoms with Crippen molar-refractivity contribution in [2.45, 2.75) is 38.6 Å². The molecule has 0 saturated heterocycles. The van der Waals surface area contributed by atoms with Gasteiger partial charge >= 0.3 is 5.97 Å². The molecule has 1 saturated carbocycles. The van der Waals surface area contributed by atoms with Crippen LogP contribution in [0.15, 0.2) is 48.5 Å². The Morgan fingerprint density at radius 2 is 1.84 bits per heavy atom. The molecule has 0 aliphatic heterocycles. The Kier molecular flexibility index (Phi) is 9.51. The lowest BCUT2D eigenvalue weighted by atomic mass is 9.82. The summed E-state index contributed by atoms with van der Waals surface area (Å²) in [6.45, 7) is 0.877. The highest BCUT2D eigenvalue weighted by Gasteiger charge is 2.27. The molecule has 1 N–H and O–H groups in total. The number of carbonyl (C=O) groups is 1. The van der Waals surface area contributed by atoms with Gasteiger partial charge in [-0.25, -0.2) is 9.18 Å². The molecule has 9 heteroatoms. The molecule has 1 unspecified atom stereocenters. The predicted molar refractivity (Wildman–Crippen MR) is 145 cm³/mol. The quantitative estimate of drug-likeness (QED) is 0.327. The lowest BCUT2D eigenvalue weighted by Gasteiger charge is -2.28. The molecule has 0 spiro atoms. The second kappa shape index (κ2) is 12.8. The molecule has 0 radical (unpaired) electrons. The van der Waals surface area contributed by atoms with Crippen molar-refractivity contribution in [1.82, 2.24) is 9.78 Å². The van der Waals surface area contributed by atoms with Crippen LogP contribution in [0, 0.1) is 17.7 Å². The Hall–Kier alpha value is -2.55. The minimum absolute atomic E-state index is 0.0534.